The zero-order chi connectivity index (χ0) is 30.3. The van der Waals surface area contributed by atoms with E-state index in [1.807, 2.05) is 18.5 Å². The van der Waals surface area contributed by atoms with Crippen LogP contribution in [0.25, 0.3) is 77.2 Å². The van der Waals surface area contributed by atoms with Crippen LogP contribution in [0.3, 0.4) is 0 Å². The van der Waals surface area contributed by atoms with Crippen molar-refractivity contribution in [3.05, 3.63) is 165 Å². The maximum atomic E-state index is 4.47. The molecule has 0 aliphatic carbocycles. The fourth-order valence-corrected chi connectivity index (χ4v) is 6.65. The van der Waals surface area contributed by atoms with Gasteiger partial charge in [-0.15, -0.1) is 0 Å². The molecule has 0 bridgehead atoms. The number of aromatic nitrogens is 3. The summed E-state index contributed by atoms with van der Waals surface area (Å²) < 4.78 is 4.67. The van der Waals surface area contributed by atoms with Gasteiger partial charge in [0.05, 0.1) is 28.3 Å². The number of nitrogens with zero attached hydrogens (tertiary/aromatic N) is 3. The molecule has 8 aromatic rings. The summed E-state index contributed by atoms with van der Waals surface area (Å²) >= 11 is 0. The maximum Gasteiger partial charge on any atom is 0.0724 e. The highest BCUT2D eigenvalue weighted by Gasteiger charge is 2.16. The first-order valence-electron chi connectivity index (χ1n) is 15.3. The van der Waals surface area contributed by atoms with Gasteiger partial charge in [0.25, 0.3) is 0 Å². The summed E-state index contributed by atoms with van der Waals surface area (Å²) in [6.07, 6.45) is 11.8. The Balaban J connectivity index is 1.30. The van der Waals surface area contributed by atoms with Crippen molar-refractivity contribution < 1.29 is 0 Å². The largest absolute Gasteiger partial charge is 0.309 e. The van der Waals surface area contributed by atoms with Gasteiger partial charge >= 0.3 is 0 Å². The zero-order valence-corrected chi connectivity index (χ0v) is 25.1. The Morgan fingerprint density at radius 2 is 1.29 bits per heavy atom. The predicted molar refractivity (Wildman–Crippen MR) is 192 cm³/mol. The minimum absolute atomic E-state index is 1.08. The van der Waals surface area contributed by atoms with Crippen molar-refractivity contribution in [3.8, 4) is 27.9 Å². The van der Waals surface area contributed by atoms with Crippen LogP contribution in [0.4, 0.5) is 0 Å². The van der Waals surface area contributed by atoms with Crippen molar-refractivity contribution in [2.45, 2.75) is 6.92 Å². The lowest BCUT2D eigenvalue weighted by atomic mass is 10.0. The molecule has 0 N–H and O–H groups in total. The number of para-hydroxylation sites is 1. The molecular formula is C42H31N3. The van der Waals surface area contributed by atoms with E-state index in [-0.39, 0.29) is 0 Å². The Bertz CT molecular complexity index is 2430. The topological polar surface area (TPSA) is 22.8 Å². The fourth-order valence-electron chi connectivity index (χ4n) is 6.65. The lowest BCUT2D eigenvalue weighted by Gasteiger charge is -2.11. The van der Waals surface area contributed by atoms with Gasteiger partial charge < -0.3 is 9.13 Å². The summed E-state index contributed by atoms with van der Waals surface area (Å²) in [4.78, 5) is 4.47. The van der Waals surface area contributed by atoms with E-state index in [0.29, 0.717) is 0 Å². The van der Waals surface area contributed by atoms with Gasteiger partial charge in [-0.25, -0.2) is 0 Å². The lowest BCUT2D eigenvalue weighted by Crippen LogP contribution is -1.95. The first kappa shape index (κ1) is 26.7. The Morgan fingerprint density at radius 1 is 0.600 bits per heavy atom. The maximum absolute atomic E-state index is 4.47. The third-order valence-electron chi connectivity index (χ3n) is 8.77. The van der Waals surface area contributed by atoms with E-state index in [1.165, 1.54) is 54.8 Å². The third kappa shape index (κ3) is 4.40. The summed E-state index contributed by atoms with van der Waals surface area (Å²) in [5, 5.41) is 4.89. The van der Waals surface area contributed by atoms with Crippen LogP contribution in [0.2, 0.25) is 0 Å². The normalized spacial score (nSPS) is 12.2. The van der Waals surface area contributed by atoms with Gasteiger partial charge in [0.15, 0.2) is 0 Å². The molecule has 0 saturated heterocycles. The van der Waals surface area contributed by atoms with Gasteiger partial charge in [0, 0.05) is 39.1 Å². The number of hydrogen-bond donors (Lipinski definition) is 0. The molecule has 3 heteroatoms. The molecule has 8 rings (SSSR count). The van der Waals surface area contributed by atoms with Crippen LogP contribution in [0.1, 0.15) is 6.92 Å². The fraction of sp³-hybridized carbons (Fsp3) is 0.0238. The molecule has 0 amide bonds. The highest BCUT2D eigenvalue weighted by Crippen LogP contribution is 2.38. The van der Waals surface area contributed by atoms with Crippen LogP contribution in [-0.2, 0) is 0 Å². The van der Waals surface area contributed by atoms with Gasteiger partial charge in [-0.2, -0.15) is 0 Å². The van der Waals surface area contributed by atoms with E-state index in [0.717, 1.165) is 22.4 Å². The van der Waals surface area contributed by atoms with Crippen molar-refractivity contribution in [1.29, 1.82) is 0 Å². The molecule has 0 saturated carbocycles. The minimum atomic E-state index is 1.08. The third-order valence-corrected chi connectivity index (χ3v) is 8.77. The number of hydrogen-bond acceptors (Lipinski definition) is 1. The standard InChI is InChI=1S/C42H31N3/c1-3-5-13-33(4-2)44-40-23-19-31(26-38(40)37-24-25-43-28-42(37)44)32-18-22-36-35-14-9-10-15-39(35)45(41(36)27-32)34-20-16-30(17-21-34)29-11-7-6-8-12-29/h3-28H,1H2,2H3/b13-5-,33-4+. The quantitative estimate of drug-likeness (QED) is 0.180. The molecule has 45 heavy (non-hydrogen) atoms. The highest BCUT2D eigenvalue weighted by atomic mass is 15.0. The first-order chi connectivity index (χ1) is 22.2. The second-order valence-electron chi connectivity index (χ2n) is 11.3. The van der Waals surface area contributed by atoms with Crippen molar-refractivity contribution in [3.63, 3.8) is 0 Å². The van der Waals surface area contributed by atoms with Gasteiger partial charge in [-0.1, -0.05) is 104 Å². The summed E-state index contributed by atoms with van der Waals surface area (Å²) in [5.41, 5.74) is 11.7. The monoisotopic (exact) mass is 577 g/mol. The van der Waals surface area contributed by atoms with Crippen molar-refractivity contribution >= 4 is 49.3 Å². The molecule has 5 aromatic carbocycles. The molecule has 3 aromatic heterocycles. The van der Waals surface area contributed by atoms with Crippen molar-refractivity contribution in [2.75, 3.05) is 0 Å². The summed E-state index contributed by atoms with van der Waals surface area (Å²) in [5.74, 6) is 0. The number of allylic oxidation sites excluding steroid dienone is 5. The van der Waals surface area contributed by atoms with E-state index in [1.54, 1.807) is 6.08 Å². The summed E-state index contributed by atoms with van der Waals surface area (Å²) in [6, 6.07) is 43.9. The van der Waals surface area contributed by atoms with E-state index in [2.05, 4.69) is 161 Å². The number of fused-ring (bicyclic) bond motifs is 6. The molecule has 0 atom stereocenters. The van der Waals surface area contributed by atoms with Crippen LogP contribution in [0, 0.1) is 0 Å². The molecule has 0 spiro atoms. The molecule has 0 radical (unpaired) electrons. The second kappa shape index (κ2) is 11.0. The van der Waals surface area contributed by atoms with Crippen LogP contribution in [0.15, 0.2) is 165 Å². The molecule has 0 unspecified atom stereocenters. The molecule has 214 valence electrons. The van der Waals surface area contributed by atoms with E-state index in [9.17, 15) is 0 Å². The number of rotatable bonds is 6. The molecule has 0 aliphatic heterocycles. The summed E-state index contributed by atoms with van der Waals surface area (Å²) in [7, 11) is 0. The van der Waals surface area contributed by atoms with Crippen LogP contribution >= 0.6 is 0 Å². The highest BCUT2D eigenvalue weighted by molar-refractivity contribution is 6.13. The van der Waals surface area contributed by atoms with Crippen LogP contribution < -0.4 is 0 Å². The van der Waals surface area contributed by atoms with Crippen LogP contribution in [0.5, 0.6) is 0 Å². The number of benzene rings is 5. The van der Waals surface area contributed by atoms with Gasteiger partial charge in [-0.3, -0.25) is 4.98 Å². The second-order valence-corrected chi connectivity index (χ2v) is 11.3. The Morgan fingerprint density at radius 3 is 2.11 bits per heavy atom. The molecular weight excluding hydrogens is 546 g/mol. The Labute approximate surface area is 262 Å². The first-order valence-corrected chi connectivity index (χ1v) is 15.3. The lowest BCUT2D eigenvalue weighted by molar-refractivity contribution is 1.18. The van der Waals surface area contributed by atoms with Gasteiger partial charge in [0.2, 0.25) is 0 Å². The summed E-state index contributed by atoms with van der Waals surface area (Å²) in [6.45, 7) is 5.92. The van der Waals surface area contributed by atoms with Gasteiger partial charge in [-0.05, 0) is 77.7 Å². The zero-order valence-electron chi connectivity index (χ0n) is 25.1. The SMILES string of the molecule is C=C/C=C\C(=C/C)n1c2ccc(-c3ccc4c5ccccc5n(-c5ccc(-c6ccccc6)cc5)c4c3)cc2c2ccncc21. The van der Waals surface area contributed by atoms with Gasteiger partial charge in [0.1, 0.15) is 0 Å². The molecule has 0 aliphatic rings. The van der Waals surface area contributed by atoms with E-state index in [4.69, 9.17) is 0 Å². The average Bonchev–Trinajstić information content (AvgIpc) is 3.61. The smallest absolute Gasteiger partial charge is 0.0724 e. The number of pyridine rings is 1. The van der Waals surface area contributed by atoms with Crippen molar-refractivity contribution in [2.24, 2.45) is 0 Å². The molecule has 3 nitrogen and oxygen atoms in total. The Kier molecular flexibility index (Phi) is 6.50. The molecule has 0 fully saturated rings. The molecule has 3 heterocycles. The van der Waals surface area contributed by atoms with E-state index >= 15 is 0 Å². The van der Waals surface area contributed by atoms with Crippen molar-refractivity contribution in [1.82, 2.24) is 14.1 Å². The Hall–Kier alpha value is -5.93. The van der Waals surface area contributed by atoms with Crippen LogP contribution in [-0.4, -0.2) is 14.1 Å². The van der Waals surface area contributed by atoms with E-state index < -0.39 is 0 Å². The predicted octanol–water partition coefficient (Wildman–Crippen LogP) is 11.2. The average molecular weight is 578 g/mol. The minimum Gasteiger partial charge on any atom is -0.309 e.